The van der Waals surface area contributed by atoms with Crippen LogP contribution in [0.4, 0.5) is 5.95 Å². The largest absolute Gasteiger partial charge is 0.479 e. The van der Waals surface area contributed by atoms with E-state index in [0.29, 0.717) is 11.2 Å². The molecule has 4 N–H and O–H groups in total. The third-order valence-corrected chi connectivity index (χ3v) is 1.60. The van der Waals surface area contributed by atoms with Crippen molar-refractivity contribution in [1.82, 2.24) is 19.9 Å². The Hall–Kier alpha value is -2.38. The molecule has 0 aliphatic carbocycles. The fourth-order valence-electron chi connectivity index (χ4n) is 1.06. The number of ether oxygens (including phenoxy) is 1. The summed E-state index contributed by atoms with van der Waals surface area (Å²) in [5.41, 5.74) is 6.14. The van der Waals surface area contributed by atoms with Gasteiger partial charge in [-0.3, -0.25) is 0 Å². The van der Waals surface area contributed by atoms with Crippen molar-refractivity contribution in [3.8, 4) is 5.88 Å². The van der Waals surface area contributed by atoms with Crippen LogP contribution in [0.15, 0.2) is 6.33 Å². The Morgan fingerprint density at radius 2 is 2.40 bits per heavy atom. The first-order valence-corrected chi connectivity index (χ1v) is 3.98. The molecule has 0 bridgehead atoms. The Morgan fingerprint density at radius 3 is 3.13 bits per heavy atom. The summed E-state index contributed by atoms with van der Waals surface area (Å²) in [6.45, 7) is -0.495. The number of imidazole rings is 1. The zero-order valence-corrected chi connectivity index (χ0v) is 7.47. The Kier molecular flexibility index (Phi) is 2.08. The van der Waals surface area contributed by atoms with Crippen LogP contribution in [0.5, 0.6) is 5.88 Å². The molecule has 0 radical (unpaired) electrons. The van der Waals surface area contributed by atoms with Gasteiger partial charge in [0.05, 0.1) is 6.33 Å². The number of aromatic amines is 1. The highest BCUT2D eigenvalue weighted by Crippen LogP contribution is 2.19. The molecule has 0 fully saturated rings. The number of hydrogen-bond acceptors (Lipinski definition) is 6. The van der Waals surface area contributed by atoms with Crippen LogP contribution in [-0.4, -0.2) is 37.6 Å². The number of nitrogen functional groups attached to an aromatic ring is 1. The molecule has 0 unspecified atom stereocenters. The predicted molar refractivity (Wildman–Crippen MR) is 49.2 cm³/mol. The number of fused-ring (bicyclic) bond motifs is 1. The van der Waals surface area contributed by atoms with Gasteiger partial charge in [0.2, 0.25) is 11.8 Å². The highest BCUT2D eigenvalue weighted by Gasteiger charge is 2.10. The van der Waals surface area contributed by atoms with E-state index in [1.54, 1.807) is 0 Å². The van der Waals surface area contributed by atoms with Crippen LogP contribution in [0.1, 0.15) is 0 Å². The zero-order valence-electron chi connectivity index (χ0n) is 7.47. The number of aliphatic carboxylic acids is 1. The van der Waals surface area contributed by atoms with Gasteiger partial charge in [-0.25, -0.2) is 9.78 Å². The number of rotatable bonds is 3. The SMILES string of the molecule is Nc1nc(OCC(=O)O)c2[nH]cnc2n1. The number of nitrogens with one attached hydrogen (secondary N) is 1. The van der Waals surface area contributed by atoms with Crippen molar-refractivity contribution < 1.29 is 14.6 Å². The number of hydrogen-bond donors (Lipinski definition) is 3. The van der Waals surface area contributed by atoms with E-state index in [9.17, 15) is 4.79 Å². The normalized spacial score (nSPS) is 10.4. The van der Waals surface area contributed by atoms with Crippen molar-refractivity contribution in [2.75, 3.05) is 12.3 Å². The van der Waals surface area contributed by atoms with E-state index in [4.69, 9.17) is 15.6 Å². The van der Waals surface area contributed by atoms with Gasteiger partial charge in [0.1, 0.15) is 5.52 Å². The topological polar surface area (TPSA) is 127 Å². The Morgan fingerprint density at radius 1 is 1.60 bits per heavy atom. The van der Waals surface area contributed by atoms with Gasteiger partial charge in [0.25, 0.3) is 0 Å². The number of nitrogens with zero attached hydrogens (tertiary/aromatic N) is 3. The molecule has 2 aromatic rings. The second-order valence-electron chi connectivity index (χ2n) is 2.67. The molecule has 0 aliphatic rings. The van der Waals surface area contributed by atoms with Crippen LogP contribution in [-0.2, 0) is 4.79 Å². The summed E-state index contributed by atoms with van der Waals surface area (Å²) in [6.07, 6.45) is 1.40. The van der Waals surface area contributed by atoms with Gasteiger partial charge in [0.15, 0.2) is 12.3 Å². The lowest BCUT2D eigenvalue weighted by atomic mass is 10.5. The molecule has 15 heavy (non-hydrogen) atoms. The van der Waals surface area contributed by atoms with Gasteiger partial charge >= 0.3 is 5.97 Å². The van der Waals surface area contributed by atoms with Crippen LogP contribution in [0.2, 0.25) is 0 Å². The number of nitrogens with two attached hydrogens (primary N) is 1. The first kappa shape index (κ1) is 9.19. The summed E-state index contributed by atoms with van der Waals surface area (Å²) in [5, 5.41) is 8.44. The van der Waals surface area contributed by atoms with Crippen molar-refractivity contribution in [1.29, 1.82) is 0 Å². The summed E-state index contributed by atoms with van der Waals surface area (Å²) >= 11 is 0. The lowest BCUT2D eigenvalue weighted by Crippen LogP contribution is -2.11. The number of carbonyl (C=O) groups is 1. The van der Waals surface area contributed by atoms with Gasteiger partial charge in [0, 0.05) is 0 Å². The quantitative estimate of drug-likeness (QED) is 0.615. The minimum atomic E-state index is -1.10. The first-order chi connectivity index (χ1) is 7.16. The van der Waals surface area contributed by atoms with Gasteiger partial charge in [-0.15, -0.1) is 0 Å². The van der Waals surface area contributed by atoms with E-state index < -0.39 is 12.6 Å². The Bertz CT molecular complexity index is 508. The van der Waals surface area contributed by atoms with E-state index in [1.165, 1.54) is 6.33 Å². The van der Waals surface area contributed by atoms with E-state index >= 15 is 0 Å². The lowest BCUT2D eigenvalue weighted by molar-refractivity contribution is -0.139. The Labute approximate surface area is 83.1 Å². The fraction of sp³-hybridized carbons (Fsp3) is 0.143. The first-order valence-electron chi connectivity index (χ1n) is 3.98. The smallest absolute Gasteiger partial charge is 0.341 e. The summed E-state index contributed by atoms with van der Waals surface area (Å²) in [6, 6.07) is 0. The average Bonchev–Trinajstić information content (AvgIpc) is 2.61. The summed E-state index contributed by atoms with van der Waals surface area (Å²) in [7, 11) is 0. The molecule has 2 heterocycles. The van der Waals surface area contributed by atoms with E-state index in [-0.39, 0.29) is 11.8 Å². The van der Waals surface area contributed by atoms with Crippen molar-refractivity contribution in [3.63, 3.8) is 0 Å². The lowest BCUT2D eigenvalue weighted by Gasteiger charge is -2.02. The van der Waals surface area contributed by atoms with Crippen LogP contribution in [0.25, 0.3) is 11.2 Å². The van der Waals surface area contributed by atoms with Crippen LogP contribution in [0.3, 0.4) is 0 Å². The second kappa shape index (κ2) is 3.40. The van der Waals surface area contributed by atoms with Crippen molar-refractivity contribution in [2.45, 2.75) is 0 Å². The van der Waals surface area contributed by atoms with E-state index in [0.717, 1.165) is 0 Å². The van der Waals surface area contributed by atoms with Crippen LogP contribution in [0, 0.1) is 0 Å². The van der Waals surface area contributed by atoms with Gasteiger partial charge in [-0.1, -0.05) is 0 Å². The number of aromatic nitrogens is 4. The van der Waals surface area contributed by atoms with Gasteiger partial charge in [-0.2, -0.15) is 9.97 Å². The third-order valence-electron chi connectivity index (χ3n) is 1.60. The number of anilines is 1. The molecule has 0 saturated carbocycles. The molecule has 0 spiro atoms. The highest BCUT2D eigenvalue weighted by atomic mass is 16.5. The molecule has 78 valence electrons. The monoisotopic (exact) mass is 209 g/mol. The Balaban J connectivity index is 2.39. The minimum Gasteiger partial charge on any atom is -0.479 e. The fourth-order valence-corrected chi connectivity index (χ4v) is 1.06. The minimum absolute atomic E-state index is 0.0185. The maximum atomic E-state index is 10.3. The highest BCUT2D eigenvalue weighted by molar-refractivity contribution is 5.77. The molecule has 0 saturated heterocycles. The van der Waals surface area contributed by atoms with Crippen molar-refractivity contribution in [2.24, 2.45) is 0 Å². The van der Waals surface area contributed by atoms with Gasteiger partial charge in [-0.05, 0) is 0 Å². The maximum absolute atomic E-state index is 10.3. The number of carboxylic acid groups (broad SMARTS) is 1. The third kappa shape index (κ3) is 1.77. The van der Waals surface area contributed by atoms with Crippen molar-refractivity contribution >= 4 is 23.1 Å². The van der Waals surface area contributed by atoms with Crippen molar-refractivity contribution in [3.05, 3.63) is 6.33 Å². The molecule has 0 atom stereocenters. The summed E-state index contributed by atoms with van der Waals surface area (Å²) in [4.78, 5) is 24.5. The standard InChI is InChI=1S/C7H7N5O3/c8-7-11-5-4(9-2-10-5)6(12-7)15-1-3(13)14/h2H,1H2,(H,13,14)(H3,8,9,10,11,12). The molecule has 0 amide bonds. The molecular formula is C7H7N5O3. The number of carboxylic acids is 1. The van der Waals surface area contributed by atoms with E-state index in [2.05, 4.69) is 19.9 Å². The summed E-state index contributed by atoms with van der Waals surface area (Å²) in [5.74, 6) is -1.03. The van der Waals surface area contributed by atoms with Crippen LogP contribution < -0.4 is 10.5 Å². The molecular weight excluding hydrogens is 202 g/mol. The molecule has 2 rings (SSSR count). The second-order valence-corrected chi connectivity index (χ2v) is 2.67. The van der Waals surface area contributed by atoms with Gasteiger partial charge < -0.3 is 20.6 Å². The van der Waals surface area contributed by atoms with Crippen LogP contribution >= 0.6 is 0 Å². The number of H-pyrrole nitrogens is 1. The zero-order chi connectivity index (χ0) is 10.8. The molecule has 0 aromatic carbocycles. The molecule has 2 aromatic heterocycles. The predicted octanol–water partition coefficient (Wildman–Crippen LogP) is -0.602. The molecule has 8 nitrogen and oxygen atoms in total. The molecule has 8 heteroatoms. The maximum Gasteiger partial charge on any atom is 0.341 e. The average molecular weight is 209 g/mol. The van der Waals surface area contributed by atoms with E-state index in [1.807, 2.05) is 0 Å². The molecule has 0 aliphatic heterocycles. The summed E-state index contributed by atoms with van der Waals surface area (Å²) < 4.78 is 4.92.